The Morgan fingerprint density at radius 2 is 2.21 bits per heavy atom. The molecule has 0 radical (unpaired) electrons. The first-order chi connectivity index (χ1) is 11.7. The summed E-state index contributed by atoms with van der Waals surface area (Å²) in [4.78, 5) is 21.5. The summed E-state index contributed by atoms with van der Waals surface area (Å²) in [5, 5.41) is 8.75. The molecule has 1 saturated carbocycles. The predicted octanol–water partition coefficient (Wildman–Crippen LogP) is 2.79. The van der Waals surface area contributed by atoms with Crippen LogP contribution in [-0.2, 0) is 0 Å². The maximum absolute atomic E-state index is 13.1. The van der Waals surface area contributed by atoms with Crippen molar-refractivity contribution in [2.24, 2.45) is 0 Å². The molecule has 24 heavy (non-hydrogen) atoms. The molecule has 1 aliphatic carbocycles. The van der Waals surface area contributed by atoms with E-state index >= 15 is 0 Å². The van der Waals surface area contributed by atoms with Crippen molar-refractivity contribution >= 4 is 17.5 Å². The molecule has 4 rings (SSSR count). The first kappa shape index (κ1) is 15.1. The number of aryl methyl sites for hydroxylation is 1. The highest BCUT2D eigenvalue weighted by atomic mass is 32.2. The van der Waals surface area contributed by atoms with Gasteiger partial charge in [-0.15, -0.1) is 11.8 Å². The number of carbonyl (C=O) groups excluding carboxylic acids is 1. The van der Waals surface area contributed by atoms with Gasteiger partial charge in [-0.25, -0.2) is 14.6 Å². The average molecular weight is 341 g/mol. The fourth-order valence-electron chi connectivity index (χ4n) is 2.64. The summed E-state index contributed by atoms with van der Waals surface area (Å²) in [6.07, 6.45) is 7.00. The van der Waals surface area contributed by atoms with Gasteiger partial charge in [-0.2, -0.15) is 5.10 Å². The van der Waals surface area contributed by atoms with Gasteiger partial charge in [0.25, 0.3) is 0 Å². The molecule has 0 N–H and O–H groups in total. The van der Waals surface area contributed by atoms with Gasteiger partial charge in [-0.3, -0.25) is 4.79 Å². The van der Waals surface area contributed by atoms with Gasteiger partial charge in [-0.05, 0) is 38.2 Å². The average Bonchev–Trinajstić information content (AvgIpc) is 3.13. The molecule has 0 aliphatic heterocycles. The molecule has 0 bridgehead atoms. The molecule has 122 valence electrons. The molecule has 8 heteroatoms. The van der Waals surface area contributed by atoms with Crippen molar-refractivity contribution in [1.29, 1.82) is 0 Å². The molecule has 0 amide bonds. The number of pyridine rings is 1. The largest absolute Gasteiger partial charge is 0.359 e. The second kappa shape index (κ2) is 5.86. The number of rotatable bonds is 5. The molecule has 1 aliphatic rings. The van der Waals surface area contributed by atoms with Crippen molar-refractivity contribution in [3.8, 4) is 5.82 Å². The topological polar surface area (TPSA) is 86.7 Å². The Morgan fingerprint density at radius 1 is 1.38 bits per heavy atom. The molecule has 3 aromatic heterocycles. The highest BCUT2D eigenvalue weighted by molar-refractivity contribution is 7.98. The summed E-state index contributed by atoms with van der Waals surface area (Å²) in [5.74, 6) is 1.57. The first-order valence-electron chi connectivity index (χ1n) is 7.60. The van der Waals surface area contributed by atoms with E-state index in [9.17, 15) is 4.79 Å². The number of thioether (sulfide) groups is 1. The van der Waals surface area contributed by atoms with E-state index in [-0.39, 0.29) is 5.78 Å². The van der Waals surface area contributed by atoms with Gasteiger partial charge in [0.1, 0.15) is 12.7 Å². The highest BCUT2D eigenvalue weighted by Gasteiger charge is 2.35. The number of carbonyl (C=O) groups is 1. The third-order valence-electron chi connectivity index (χ3n) is 4.02. The molecule has 3 aromatic rings. The second-order valence-corrected chi connectivity index (χ2v) is 6.47. The first-order valence-corrected chi connectivity index (χ1v) is 8.82. The molecule has 1 fully saturated rings. The van der Waals surface area contributed by atoms with Gasteiger partial charge in [0, 0.05) is 11.5 Å². The fourth-order valence-corrected chi connectivity index (χ4v) is 3.15. The predicted molar refractivity (Wildman–Crippen MR) is 87.6 cm³/mol. The van der Waals surface area contributed by atoms with E-state index in [1.165, 1.54) is 18.1 Å². The fraction of sp³-hybridized carbons (Fsp3) is 0.312. The molecular formula is C16H15N5O2S. The summed E-state index contributed by atoms with van der Waals surface area (Å²) in [5.41, 5.74) is 1.78. The lowest BCUT2D eigenvalue weighted by Gasteiger charge is -2.07. The lowest BCUT2D eigenvalue weighted by atomic mass is 10.0. The van der Waals surface area contributed by atoms with Crippen LogP contribution in [0.1, 0.15) is 46.1 Å². The Kier molecular flexibility index (Phi) is 3.68. The standard InChI is InChI=1S/C16H15N5O2S/c1-9-11(5-6-12(19-9)21-8-17-7-18-21)14(22)13-15(10-3-4-10)23-20-16(13)24-2/h5-8,10H,3-4H2,1-2H3. The monoisotopic (exact) mass is 341 g/mol. The lowest BCUT2D eigenvalue weighted by molar-refractivity contribution is 0.103. The normalized spacial score (nSPS) is 14.1. The van der Waals surface area contributed by atoms with Crippen molar-refractivity contribution in [2.45, 2.75) is 30.7 Å². The van der Waals surface area contributed by atoms with E-state index in [2.05, 4.69) is 20.2 Å². The van der Waals surface area contributed by atoms with Gasteiger partial charge < -0.3 is 4.52 Å². The number of ketones is 1. The van der Waals surface area contributed by atoms with Crippen LogP contribution in [0.3, 0.4) is 0 Å². The van der Waals surface area contributed by atoms with Crippen molar-refractivity contribution < 1.29 is 9.32 Å². The quantitative estimate of drug-likeness (QED) is 0.521. The summed E-state index contributed by atoms with van der Waals surface area (Å²) in [6, 6.07) is 3.54. The second-order valence-electron chi connectivity index (χ2n) is 5.68. The molecule has 3 heterocycles. The SMILES string of the molecule is CSc1noc(C2CC2)c1C(=O)c1ccc(-n2cncn2)nc1C. The van der Waals surface area contributed by atoms with E-state index in [0.29, 0.717) is 39.3 Å². The van der Waals surface area contributed by atoms with Crippen LogP contribution in [0.25, 0.3) is 5.82 Å². The summed E-state index contributed by atoms with van der Waals surface area (Å²) >= 11 is 1.42. The zero-order valence-electron chi connectivity index (χ0n) is 13.3. The van der Waals surface area contributed by atoms with Crippen molar-refractivity contribution in [3.63, 3.8) is 0 Å². The van der Waals surface area contributed by atoms with Crippen LogP contribution in [0, 0.1) is 6.92 Å². The van der Waals surface area contributed by atoms with E-state index in [4.69, 9.17) is 4.52 Å². The third-order valence-corrected chi connectivity index (χ3v) is 4.69. The molecule has 0 unspecified atom stereocenters. The van der Waals surface area contributed by atoms with Crippen LogP contribution in [0.15, 0.2) is 34.3 Å². The lowest BCUT2D eigenvalue weighted by Crippen LogP contribution is -2.09. The van der Waals surface area contributed by atoms with Gasteiger partial charge in [0.15, 0.2) is 16.6 Å². The number of hydrogen-bond acceptors (Lipinski definition) is 7. The minimum atomic E-state index is -0.0855. The minimum absolute atomic E-state index is 0.0855. The van der Waals surface area contributed by atoms with Crippen molar-refractivity contribution in [3.05, 3.63) is 47.4 Å². The molecule has 0 spiro atoms. The maximum atomic E-state index is 13.1. The molecule has 0 atom stereocenters. The smallest absolute Gasteiger partial charge is 0.201 e. The minimum Gasteiger partial charge on any atom is -0.359 e. The van der Waals surface area contributed by atoms with Gasteiger partial charge in [0.05, 0.1) is 11.3 Å². The maximum Gasteiger partial charge on any atom is 0.201 e. The number of hydrogen-bond donors (Lipinski definition) is 0. The van der Waals surface area contributed by atoms with Crippen LogP contribution < -0.4 is 0 Å². The van der Waals surface area contributed by atoms with Crippen LogP contribution in [0.2, 0.25) is 0 Å². The zero-order chi connectivity index (χ0) is 16.7. The molecule has 7 nitrogen and oxygen atoms in total. The van der Waals surface area contributed by atoms with Crippen molar-refractivity contribution in [1.82, 2.24) is 24.9 Å². The number of aromatic nitrogens is 5. The van der Waals surface area contributed by atoms with E-state index in [1.54, 1.807) is 23.1 Å². The van der Waals surface area contributed by atoms with Crippen LogP contribution >= 0.6 is 11.8 Å². The molecule has 0 saturated heterocycles. The highest BCUT2D eigenvalue weighted by Crippen LogP contribution is 2.44. The summed E-state index contributed by atoms with van der Waals surface area (Å²) < 4.78 is 7.00. The van der Waals surface area contributed by atoms with Gasteiger partial charge >= 0.3 is 0 Å². The Labute approximate surface area is 142 Å². The Hall–Kier alpha value is -2.48. The molecular weight excluding hydrogens is 326 g/mol. The Morgan fingerprint density at radius 3 is 2.83 bits per heavy atom. The van der Waals surface area contributed by atoms with Crippen LogP contribution in [0.5, 0.6) is 0 Å². The van der Waals surface area contributed by atoms with E-state index < -0.39 is 0 Å². The van der Waals surface area contributed by atoms with Gasteiger partial charge in [-0.1, -0.05) is 5.16 Å². The van der Waals surface area contributed by atoms with Gasteiger partial charge in [0.2, 0.25) is 5.78 Å². The van der Waals surface area contributed by atoms with E-state index in [1.807, 2.05) is 13.2 Å². The Balaban J connectivity index is 1.74. The zero-order valence-corrected chi connectivity index (χ0v) is 14.1. The summed E-state index contributed by atoms with van der Waals surface area (Å²) in [6.45, 7) is 1.82. The Bertz CT molecular complexity index is 899. The molecule has 0 aromatic carbocycles. The van der Waals surface area contributed by atoms with Crippen LogP contribution in [0.4, 0.5) is 0 Å². The van der Waals surface area contributed by atoms with E-state index in [0.717, 1.165) is 12.8 Å². The van der Waals surface area contributed by atoms with Crippen molar-refractivity contribution in [2.75, 3.05) is 6.26 Å². The summed E-state index contributed by atoms with van der Waals surface area (Å²) in [7, 11) is 0. The van der Waals surface area contributed by atoms with Crippen LogP contribution in [-0.4, -0.2) is 36.9 Å². The third kappa shape index (κ3) is 2.52. The number of nitrogens with zero attached hydrogens (tertiary/aromatic N) is 5.